The first-order chi connectivity index (χ1) is 9.03. The third-order valence-electron chi connectivity index (χ3n) is 2.11. The zero-order valence-electron chi connectivity index (χ0n) is 9.63. The van der Waals surface area contributed by atoms with Crippen LogP contribution in [0.5, 0.6) is 5.75 Å². The number of nitrogens with zero attached hydrogens (tertiary/aromatic N) is 2. The van der Waals surface area contributed by atoms with Crippen molar-refractivity contribution < 1.29 is 17.9 Å². The van der Waals surface area contributed by atoms with Crippen LogP contribution in [0.25, 0.3) is 0 Å². The van der Waals surface area contributed by atoms with Gasteiger partial charge in [0.1, 0.15) is 5.75 Å². The van der Waals surface area contributed by atoms with Crippen LogP contribution in [0.15, 0.2) is 64.8 Å². The highest BCUT2D eigenvalue weighted by atomic mass is 19.4. The number of halogens is 3. The molecule has 6 heteroatoms. The maximum Gasteiger partial charge on any atom is 0.573 e. The maximum absolute atomic E-state index is 11.9. The summed E-state index contributed by atoms with van der Waals surface area (Å²) in [4.78, 5) is 0. The van der Waals surface area contributed by atoms with E-state index in [0.29, 0.717) is 11.4 Å². The van der Waals surface area contributed by atoms with Gasteiger partial charge in [-0.25, -0.2) is 0 Å². The zero-order valence-corrected chi connectivity index (χ0v) is 9.63. The summed E-state index contributed by atoms with van der Waals surface area (Å²) in [7, 11) is 0. The molecule has 3 nitrogen and oxygen atoms in total. The SMILES string of the molecule is FC(F)(F)Oc1ccc(N=Nc2ccccc2)cc1. The maximum atomic E-state index is 11.9. The lowest BCUT2D eigenvalue weighted by molar-refractivity contribution is -0.274. The average molecular weight is 266 g/mol. The highest BCUT2D eigenvalue weighted by Crippen LogP contribution is 2.25. The first kappa shape index (κ1) is 13.1. The third kappa shape index (κ3) is 4.42. The Morgan fingerprint density at radius 2 is 1.26 bits per heavy atom. The summed E-state index contributed by atoms with van der Waals surface area (Å²) in [5.74, 6) is -0.286. The van der Waals surface area contributed by atoms with Crippen LogP contribution in [0, 0.1) is 0 Å². The molecule has 2 aromatic carbocycles. The second kappa shape index (κ2) is 5.51. The van der Waals surface area contributed by atoms with Crippen LogP contribution >= 0.6 is 0 Å². The van der Waals surface area contributed by atoms with E-state index < -0.39 is 6.36 Å². The third-order valence-corrected chi connectivity index (χ3v) is 2.11. The van der Waals surface area contributed by atoms with E-state index in [0.717, 1.165) is 0 Å². The molecule has 0 amide bonds. The summed E-state index contributed by atoms with van der Waals surface area (Å²) in [6.45, 7) is 0. The van der Waals surface area contributed by atoms with Gasteiger partial charge in [0.25, 0.3) is 0 Å². The molecular weight excluding hydrogens is 257 g/mol. The fourth-order valence-corrected chi connectivity index (χ4v) is 1.32. The summed E-state index contributed by atoms with van der Waals surface area (Å²) >= 11 is 0. The first-order valence-corrected chi connectivity index (χ1v) is 5.35. The lowest BCUT2D eigenvalue weighted by atomic mass is 10.3. The molecule has 0 radical (unpaired) electrons. The van der Waals surface area contributed by atoms with E-state index in [-0.39, 0.29) is 5.75 Å². The van der Waals surface area contributed by atoms with Crippen molar-refractivity contribution in [1.82, 2.24) is 0 Å². The van der Waals surface area contributed by atoms with Crippen LogP contribution in [0.4, 0.5) is 24.5 Å². The Labute approximate surface area is 107 Å². The molecule has 0 aliphatic rings. The lowest BCUT2D eigenvalue weighted by Gasteiger charge is -2.07. The van der Waals surface area contributed by atoms with E-state index in [4.69, 9.17) is 0 Å². The van der Waals surface area contributed by atoms with E-state index in [1.807, 2.05) is 18.2 Å². The summed E-state index contributed by atoms with van der Waals surface area (Å²) in [5.41, 5.74) is 1.11. The number of rotatable bonds is 3. The molecule has 98 valence electrons. The molecule has 0 N–H and O–H groups in total. The Kier molecular flexibility index (Phi) is 3.79. The van der Waals surface area contributed by atoms with Gasteiger partial charge in [0.2, 0.25) is 0 Å². The molecular formula is C13H9F3N2O. The van der Waals surface area contributed by atoms with Crippen molar-refractivity contribution in [2.24, 2.45) is 10.2 Å². The standard InChI is InChI=1S/C13H9F3N2O/c14-13(15,16)19-12-8-6-11(7-9-12)18-17-10-4-2-1-3-5-10/h1-9H. The quantitative estimate of drug-likeness (QED) is 0.719. The average Bonchev–Trinajstić information content (AvgIpc) is 2.37. The molecule has 0 spiro atoms. The van der Waals surface area contributed by atoms with Crippen molar-refractivity contribution in [2.45, 2.75) is 6.36 Å². The predicted molar refractivity (Wildman–Crippen MR) is 63.7 cm³/mol. The monoisotopic (exact) mass is 266 g/mol. The van der Waals surface area contributed by atoms with E-state index in [1.54, 1.807) is 12.1 Å². The molecule has 0 aromatic heterocycles. The van der Waals surface area contributed by atoms with Gasteiger partial charge in [-0.3, -0.25) is 0 Å². The summed E-state index contributed by atoms with van der Waals surface area (Å²) in [5, 5.41) is 7.84. The van der Waals surface area contributed by atoms with Crippen LogP contribution < -0.4 is 4.74 Å². The molecule has 2 rings (SSSR count). The van der Waals surface area contributed by atoms with Crippen molar-refractivity contribution in [3.05, 3.63) is 54.6 Å². The minimum absolute atomic E-state index is 0.286. The van der Waals surface area contributed by atoms with E-state index in [9.17, 15) is 13.2 Å². The number of hydrogen-bond donors (Lipinski definition) is 0. The second-order valence-corrected chi connectivity index (χ2v) is 3.58. The van der Waals surface area contributed by atoms with Gasteiger partial charge >= 0.3 is 6.36 Å². The fourth-order valence-electron chi connectivity index (χ4n) is 1.32. The Hall–Kier alpha value is -2.37. The van der Waals surface area contributed by atoms with Gasteiger partial charge in [0, 0.05) is 0 Å². The molecule has 0 heterocycles. The molecule has 0 unspecified atom stereocenters. The number of alkyl halides is 3. The largest absolute Gasteiger partial charge is 0.573 e. The summed E-state index contributed by atoms with van der Waals surface area (Å²) in [6, 6.07) is 14.2. The molecule has 0 fully saturated rings. The van der Waals surface area contributed by atoms with Crippen LogP contribution in [-0.2, 0) is 0 Å². The van der Waals surface area contributed by atoms with Crippen molar-refractivity contribution >= 4 is 11.4 Å². The van der Waals surface area contributed by atoms with Crippen molar-refractivity contribution in [3.8, 4) is 5.75 Å². The van der Waals surface area contributed by atoms with Crippen LogP contribution in [0.1, 0.15) is 0 Å². The van der Waals surface area contributed by atoms with E-state index in [2.05, 4.69) is 15.0 Å². The van der Waals surface area contributed by atoms with Gasteiger partial charge in [-0.05, 0) is 36.4 Å². The molecule has 19 heavy (non-hydrogen) atoms. The van der Waals surface area contributed by atoms with Gasteiger partial charge < -0.3 is 4.74 Å². The lowest BCUT2D eigenvalue weighted by Crippen LogP contribution is -2.16. The van der Waals surface area contributed by atoms with Crippen LogP contribution in [0.3, 0.4) is 0 Å². The molecule has 0 aliphatic heterocycles. The van der Waals surface area contributed by atoms with E-state index in [1.165, 1.54) is 24.3 Å². The smallest absolute Gasteiger partial charge is 0.406 e. The molecule has 0 bridgehead atoms. The van der Waals surface area contributed by atoms with Gasteiger partial charge in [-0.15, -0.1) is 13.2 Å². The minimum atomic E-state index is -4.69. The Morgan fingerprint density at radius 3 is 1.79 bits per heavy atom. The zero-order chi connectivity index (χ0) is 13.7. The second-order valence-electron chi connectivity index (χ2n) is 3.58. The predicted octanol–water partition coefficient (Wildman–Crippen LogP) is 5.00. The first-order valence-electron chi connectivity index (χ1n) is 5.35. The molecule has 0 aliphatic carbocycles. The number of ether oxygens (including phenoxy) is 1. The molecule has 0 atom stereocenters. The highest BCUT2D eigenvalue weighted by Gasteiger charge is 2.30. The van der Waals surface area contributed by atoms with Gasteiger partial charge in [-0.1, -0.05) is 18.2 Å². The van der Waals surface area contributed by atoms with Gasteiger partial charge in [0.05, 0.1) is 11.4 Å². The normalized spacial score (nSPS) is 11.7. The van der Waals surface area contributed by atoms with Crippen molar-refractivity contribution in [1.29, 1.82) is 0 Å². The highest BCUT2D eigenvalue weighted by molar-refractivity contribution is 5.42. The molecule has 0 saturated carbocycles. The Balaban J connectivity index is 2.05. The topological polar surface area (TPSA) is 34.0 Å². The Morgan fingerprint density at radius 1 is 0.737 bits per heavy atom. The Bertz CT molecular complexity index is 550. The fraction of sp³-hybridized carbons (Fsp3) is 0.0769. The summed E-state index contributed by atoms with van der Waals surface area (Å²) < 4.78 is 39.6. The van der Waals surface area contributed by atoms with E-state index >= 15 is 0 Å². The molecule has 0 saturated heterocycles. The van der Waals surface area contributed by atoms with Gasteiger partial charge in [0.15, 0.2) is 0 Å². The summed E-state index contributed by atoms with van der Waals surface area (Å²) in [6.07, 6.45) is -4.69. The van der Waals surface area contributed by atoms with Gasteiger partial charge in [-0.2, -0.15) is 10.2 Å². The van der Waals surface area contributed by atoms with Crippen LogP contribution in [-0.4, -0.2) is 6.36 Å². The van der Waals surface area contributed by atoms with Crippen molar-refractivity contribution in [3.63, 3.8) is 0 Å². The number of azo groups is 1. The van der Waals surface area contributed by atoms with Crippen LogP contribution in [0.2, 0.25) is 0 Å². The minimum Gasteiger partial charge on any atom is -0.406 e. The number of benzene rings is 2. The number of hydrogen-bond acceptors (Lipinski definition) is 3. The molecule has 2 aromatic rings. The van der Waals surface area contributed by atoms with Crippen molar-refractivity contribution in [2.75, 3.05) is 0 Å².